The molecule has 7 nitrogen and oxygen atoms in total. The normalized spacial score (nSPS) is 25.7. The molecule has 2 fully saturated rings. The van der Waals surface area contributed by atoms with Crippen molar-refractivity contribution in [2.75, 3.05) is 0 Å². The standard InChI is InChI=1S/C18H18N4O3S2/c23-27(24,17-3-1-2-16-18(17)21-26-20-16)22-12-4-5-13(22)11-15(10-12)25-14-6-8-19-9-7-14/h1-3,6-9,12-13,15H,4-5,10-11H2. The summed E-state index contributed by atoms with van der Waals surface area (Å²) in [5, 5.41) is 0. The smallest absolute Gasteiger partial charge is 0.245 e. The highest BCUT2D eigenvalue weighted by Crippen LogP contribution is 2.41. The van der Waals surface area contributed by atoms with Gasteiger partial charge in [-0.1, -0.05) is 6.07 Å². The molecule has 0 amide bonds. The van der Waals surface area contributed by atoms with Crippen LogP contribution in [-0.2, 0) is 10.0 Å². The Morgan fingerprint density at radius 1 is 1.04 bits per heavy atom. The summed E-state index contributed by atoms with van der Waals surface area (Å²) in [5.74, 6) is 0.782. The molecule has 27 heavy (non-hydrogen) atoms. The molecule has 2 saturated heterocycles. The fraction of sp³-hybridized carbons (Fsp3) is 0.389. The highest BCUT2D eigenvalue weighted by molar-refractivity contribution is 7.89. The highest BCUT2D eigenvalue weighted by atomic mass is 32.2. The van der Waals surface area contributed by atoms with Crippen molar-refractivity contribution in [3.05, 3.63) is 42.7 Å². The molecule has 4 heterocycles. The molecule has 2 aromatic heterocycles. The van der Waals surface area contributed by atoms with Gasteiger partial charge in [0.05, 0.1) is 11.7 Å². The third kappa shape index (κ3) is 2.90. The van der Waals surface area contributed by atoms with Crippen molar-refractivity contribution in [1.82, 2.24) is 18.0 Å². The molecule has 2 bridgehead atoms. The summed E-state index contributed by atoms with van der Waals surface area (Å²) >= 11 is 1.04. The molecule has 0 aliphatic carbocycles. The number of ether oxygens (including phenoxy) is 1. The molecule has 0 N–H and O–H groups in total. The first-order valence-electron chi connectivity index (χ1n) is 8.94. The van der Waals surface area contributed by atoms with Crippen LogP contribution in [0.3, 0.4) is 0 Å². The van der Waals surface area contributed by atoms with Crippen LogP contribution >= 0.6 is 11.7 Å². The average molecular weight is 403 g/mol. The van der Waals surface area contributed by atoms with Gasteiger partial charge in [0.2, 0.25) is 10.0 Å². The first-order valence-corrected chi connectivity index (χ1v) is 11.1. The second-order valence-electron chi connectivity index (χ2n) is 7.00. The minimum absolute atomic E-state index is 0.0214. The largest absolute Gasteiger partial charge is 0.490 e. The monoisotopic (exact) mass is 402 g/mol. The van der Waals surface area contributed by atoms with Gasteiger partial charge in [0.1, 0.15) is 27.8 Å². The second-order valence-corrected chi connectivity index (χ2v) is 9.34. The number of sulfonamides is 1. The number of aromatic nitrogens is 3. The number of benzene rings is 1. The van der Waals surface area contributed by atoms with Crippen LogP contribution in [-0.4, -0.2) is 44.6 Å². The van der Waals surface area contributed by atoms with Gasteiger partial charge < -0.3 is 4.74 Å². The summed E-state index contributed by atoms with van der Waals surface area (Å²) in [5.41, 5.74) is 1.10. The summed E-state index contributed by atoms with van der Waals surface area (Å²) in [4.78, 5) is 4.26. The maximum atomic E-state index is 13.4. The van der Waals surface area contributed by atoms with Gasteiger partial charge in [0, 0.05) is 37.3 Å². The van der Waals surface area contributed by atoms with E-state index in [1.54, 1.807) is 34.9 Å². The lowest BCUT2D eigenvalue weighted by molar-refractivity contribution is 0.0956. The number of hydrogen-bond acceptors (Lipinski definition) is 7. The molecule has 1 aromatic carbocycles. The molecular formula is C18H18N4O3S2. The van der Waals surface area contributed by atoms with Gasteiger partial charge in [-0.3, -0.25) is 4.98 Å². The Labute approximate surface area is 161 Å². The summed E-state index contributed by atoms with van der Waals surface area (Å²) in [6.45, 7) is 0. The Kier molecular flexibility index (Phi) is 4.10. The molecule has 0 saturated carbocycles. The van der Waals surface area contributed by atoms with Crippen LogP contribution < -0.4 is 4.74 Å². The third-order valence-electron chi connectivity index (χ3n) is 5.38. The third-order valence-corrected chi connectivity index (χ3v) is 7.96. The van der Waals surface area contributed by atoms with Crippen molar-refractivity contribution in [3.63, 3.8) is 0 Å². The van der Waals surface area contributed by atoms with E-state index in [9.17, 15) is 8.42 Å². The second kappa shape index (κ2) is 6.50. The summed E-state index contributed by atoms with van der Waals surface area (Å²) in [7, 11) is -3.62. The van der Waals surface area contributed by atoms with Gasteiger partial charge in [-0.15, -0.1) is 0 Å². The number of hydrogen-bond donors (Lipinski definition) is 0. The lowest BCUT2D eigenvalue weighted by atomic mass is 10.0. The van der Waals surface area contributed by atoms with E-state index in [1.165, 1.54) is 0 Å². The van der Waals surface area contributed by atoms with Crippen LogP contribution in [0.4, 0.5) is 0 Å². The van der Waals surface area contributed by atoms with E-state index < -0.39 is 10.0 Å². The van der Waals surface area contributed by atoms with E-state index in [1.807, 2.05) is 12.1 Å². The Balaban J connectivity index is 1.43. The topological polar surface area (TPSA) is 85.3 Å². The van der Waals surface area contributed by atoms with Crippen LogP contribution in [0.15, 0.2) is 47.6 Å². The molecule has 2 unspecified atom stereocenters. The summed E-state index contributed by atoms with van der Waals surface area (Å²) in [6.07, 6.45) is 6.55. The zero-order valence-corrected chi connectivity index (χ0v) is 16.1. The van der Waals surface area contributed by atoms with Gasteiger partial charge in [-0.25, -0.2) is 8.42 Å². The molecule has 2 aliphatic rings. The highest BCUT2D eigenvalue weighted by Gasteiger charge is 2.48. The zero-order valence-electron chi connectivity index (χ0n) is 14.4. The van der Waals surface area contributed by atoms with Crippen molar-refractivity contribution >= 4 is 32.8 Å². The number of fused-ring (bicyclic) bond motifs is 3. The fourth-order valence-electron chi connectivity index (χ4n) is 4.29. The lowest BCUT2D eigenvalue weighted by Crippen LogP contribution is -2.49. The molecule has 2 atom stereocenters. The van der Waals surface area contributed by atoms with Crippen LogP contribution in [0.5, 0.6) is 5.75 Å². The van der Waals surface area contributed by atoms with E-state index in [2.05, 4.69) is 13.7 Å². The van der Waals surface area contributed by atoms with E-state index in [4.69, 9.17) is 4.74 Å². The Morgan fingerprint density at radius 2 is 1.78 bits per heavy atom. The van der Waals surface area contributed by atoms with E-state index in [0.717, 1.165) is 30.3 Å². The first kappa shape index (κ1) is 17.0. The number of piperidine rings is 1. The molecule has 0 radical (unpaired) electrons. The molecule has 140 valence electrons. The van der Waals surface area contributed by atoms with Gasteiger partial charge in [-0.2, -0.15) is 13.1 Å². The van der Waals surface area contributed by atoms with Gasteiger partial charge in [0.15, 0.2) is 0 Å². The lowest BCUT2D eigenvalue weighted by Gasteiger charge is -2.37. The minimum Gasteiger partial charge on any atom is -0.490 e. The Bertz CT molecular complexity index is 1060. The van der Waals surface area contributed by atoms with Crippen molar-refractivity contribution in [1.29, 1.82) is 0 Å². The number of nitrogens with zero attached hydrogens (tertiary/aromatic N) is 4. The van der Waals surface area contributed by atoms with Crippen LogP contribution in [0.2, 0.25) is 0 Å². The van der Waals surface area contributed by atoms with Crippen molar-refractivity contribution in [2.45, 2.75) is 48.8 Å². The molecule has 5 rings (SSSR count). The average Bonchev–Trinajstić information content (AvgIpc) is 3.25. The summed E-state index contributed by atoms with van der Waals surface area (Å²) in [6, 6.07) is 8.75. The predicted octanol–water partition coefficient (Wildman–Crippen LogP) is 2.85. The maximum absolute atomic E-state index is 13.4. The fourth-order valence-corrected chi connectivity index (χ4v) is 6.93. The van der Waals surface area contributed by atoms with Crippen LogP contribution in [0.25, 0.3) is 11.0 Å². The van der Waals surface area contributed by atoms with Gasteiger partial charge >= 0.3 is 0 Å². The van der Waals surface area contributed by atoms with Crippen molar-refractivity contribution in [2.24, 2.45) is 0 Å². The first-order chi connectivity index (χ1) is 13.1. The molecule has 3 aromatic rings. The molecule has 9 heteroatoms. The molecular weight excluding hydrogens is 384 g/mol. The molecule has 2 aliphatic heterocycles. The zero-order chi connectivity index (χ0) is 18.4. The van der Waals surface area contributed by atoms with Crippen molar-refractivity contribution < 1.29 is 13.2 Å². The predicted molar refractivity (Wildman–Crippen MR) is 101 cm³/mol. The maximum Gasteiger partial charge on any atom is 0.245 e. The van der Waals surface area contributed by atoms with Crippen LogP contribution in [0.1, 0.15) is 25.7 Å². The van der Waals surface area contributed by atoms with E-state index in [0.29, 0.717) is 23.9 Å². The van der Waals surface area contributed by atoms with E-state index in [-0.39, 0.29) is 23.1 Å². The van der Waals surface area contributed by atoms with Gasteiger partial charge in [0.25, 0.3) is 0 Å². The Hall–Kier alpha value is -2.10. The number of rotatable bonds is 4. The van der Waals surface area contributed by atoms with Crippen LogP contribution in [0, 0.1) is 0 Å². The number of pyridine rings is 1. The molecule has 0 spiro atoms. The Morgan fingerprint density at radius 3 is 2.52 bits per heavy atom. The van der Waals surface area contributed by atoms with E-state index >= 15 is 0 Å². The minimum atomic E-state index is -3.62. The summed E-state index contributed by atoms with van der Waals surface area (Å²) < 4.78 is 43.0. The SMILES string of the molecule is O=S(=O)(c1cccc2nsnc12)N1C2CCC1CC(Oc1ccncc1)C2. The van der Waals surface area contributed by atoms with Gasteiger partial charge in [-0.05, 0) is 37.1 Å². The quantitative estimate of drug-likeness (QED) is 0.667. The van der Waals surface area contributed by atoms with Crippen molar-refractivity contribution in [3.8, 4) is 5.75 Å².